The van der Waals surface area contributed by atoms with Gasteiger partial charge in [-0.3, -0.25) is 9.67 Å². The van der Waals surface area contributed by atoms with E-state index in [2.05, 4.69) is 50.1 Å². The molecule has 3 rings (SSSR count). The first-order chi connectivity index (χ1) is 13.2. The van der Waals surface area contributed by atoms with Gasteiger partial charge in [-0.15, -0.1) is 46.7 Å². The minimum Gasteiger partial charge on any atom is -0.357 e. The molecule has 0 radical (unpaired) electrons. The molecule has 2 N–H and O–H groups in total. The van der Waals surface area contributed by atoms with E-state index < -0.39 is 0 Å². The standard InChI is InChI=1S/C19H26N6S2.HI/c1-3-20-19(21-9-4-12-25-13-5-10-23-25)22-11-8-16-6-7-18(27-16)17-14-26-15(2)24-17;/h5-7,10,13-14H,3-4,8-9,11-12H2,1-2H3,(H2,20,21,22);1H. The van der Waals surface area contributed by atoms with Crippen molar-refractivity contribution in [2.24, 2.45) is 4.99 Å². The van der Waals surface area contributed by atoms with Gasteiger partial charge in [-0.25, -0.2) is 4.98 Å². The lowest BCUT2D eigenvalue weighted by Crippen LogP contribution is -2.38. The van der Waals surface area contributed by atoms with Crippen LogP contribution in [0.4, 0.5) is 0 Å². The molecular weight excluding hydrogens is 503 g/mol. The molecule has 0 spiro atoms. The van der Waals surface area contributed by atoms with Crippen molar-refractivity contribution in [3.8, 4) is 10.6 Å². The first kappa shape index (κ1) is 22.8. The lowest BCUT2D eigenvalue weighted by molar-refractivity contribution is 0.584. The highest BCUT2D eigenvalue weighted by molar-refractivity contribution is 14.0. The Bertz CT molecular complexity index is 840. The summed E-state index contributed by atoms with van der Waals surface area (Å²) in [5, 5.41) is 14.2. The molecule has 28 heavy (non-hydrogen) atoms. The van der Waals surface area contributed by atoms with Crippen molar-refractivity contribution in [1.82, 2.24) is 25.4 Å². The zero-order valence-electron chi connectivity index (χ0n) is 16.2. The highest BCUT2D eigenvalue weighted by Crippen LogP contribution is 2.29. The van der Waals surface area contributed by atoms with Crippen LogP contribution in [0.25, 0.3) is 10.6 Å². The Hall–Kier alpha value is -1.46. The first-order valence-electron chi connectivity index (χ1n) is 9.25. The van der Waals surface area contributed by atoms with Crippen molar-refractivity contribution < 1.29 is 0 Å². The maximum absolute atomic E-state index is 4.65. The summed E-state index contributed by atoms with van der Waals surface area (Å²) in [5.41, 5.74) is 1.09. The zero-order chi connectivity index (χ0) is 18.9. The van der Waals surface area contributed by atoms with Crippen molar-refractivity contribution in [2.75, 3.05) is 19.6 Å². The molecule has 0 aromatic carbocycles. The molecule has 152 valence electrons. The minimum atomic E-state index is 0. The van der Waals surface area contributed by atoms with E-state index in [9.17, 15) is 0 Å². The van der Waals surface area contributed by atoms with Crippen LogP contribution in [0.15, 0.2) is 41.0 Å². The van der Waals surface area contributed by atoms with Crippen LogP contribution in [0.5, 0.6) is 0 Å². The lowest BCUT2D eigenvalue weighted by atomic mass is 10.3. The smallest absolute Gasteiger partial charge is 0.191 e. The van der Waals surface area contributed by atoms with Crippen LogP contribution in [-0.2, 0) is 13.0 Å². The van der Waals surface area contributed by atoms with Crippen LogP contribution in [0.3, 0.4) is 0 Å². The molecule has 0 aliphatic carbocycles. The second-order valence-electron chi connectivity index (χ2n) is 6.08. The topological polar surface area (TPSA) is 67.1 Å². The lowest BCUT2D eigenvalue weighted by Gasteiger charge is -2.10. The Labute approximate surface area is 191 Å². The van der Waals surface area contributed by atoms with Crippen LogP contribution in [0, 0.1) is 6.92 Å². The van der Waals surface area contributed by atoms with Crippen molar-refractivity contribution in [2.45, 2.75) is 33.2 Å². The van der Waals surface area contributed by atoms with Crippen molar-refractivity contribution in [3.05, 3.63) is 45.9 Å². The summed E-state index contributed by atoms with van der Waals surface area (Å²) >= 11 is 3.52. The number of rotatable bonds is 9. The van der Waals surface area contributed by atoms with E-state index in [0.717, 1.165) is 55.7 Å². The van der Waals surface area contributed by atoms with E-state index in [0.29, 0.717) is 0 Å². The number of aliphatic imine (C=N–C) groups is 1. The van der Waals surface area contributed by atoms with Crippen LogP contribution in [0.1, 0.15) is 23.2 Å². The second-order valence-corrected chi connectivity index (χ2v) is 8.31. The van der Waals surface area contributed by atoms with Gasteiger partial charge >= 0.3 is 0 Å². The second kappa shape index (κ2) is 12.2. The van der Waals surface area contributed by atoms with E-state index in [1.54, 1.807) is 17.5 Å². The molecule has 0 aliphatic heterocycles. The van der Waals surface area contributed by atoms with Crippen LogP contribution in [0.2, 0.25) is 0 Å². The van der Waals surface area contributed by atoms with Gasteiger partial charge in [0.2, 0.25) is 0 Å². The van der Waals surface area contributed by atoms with Gasteiger partial charge in [0.05, 0.1) is 15.6 Å². The molecule has 3 heterocycles. The Morgan fingerprint density at radius 1 is 1.29 bits per heavy atom. The number of thiazole rings is 1. The van der Waals surface area contributed by atoms with Gasteiger partial charge in [-0.1, -0.05) is 0 Å². The van der Waals surface area contributed by atoms with E-state index in [1.807, 2.05) is 35.2 Å². The van der Waals surface area contributed by atoms with Gasteiger partial charge in [0.1, 0.15) is 0 Å². The van der Waals surface area contributed by atoms with Crippen molar-refractivity contribution in [1.29, 1.82) is 0 Å². The van der Waals surface area contributed by atoms with Gasteiger partial charge < -0.3 is 10.6 Å². The summed E-state index contributed by atoms with van der Waals surface area (Å²) in [5.74, 6) is 0.880. The molecule has 0 fully saturated rings. The number of hydrogen-bond acceptors (Lipinski definition) is 5. The molecule has 0 aliphatic rings. The number of aromatic nitrogens is 3. The summed E-state index contributed by atoms with van der Waals surface area (Å²) in [6, 6.07) is 6.31. The maximum Gasteiger partial charge on any atom is 0.191 e. The number of nitrogens with one attached hydrogen (secondary N) is 2. The van der Waals surface area contributed by atoms with Gasteiger partial charge in [0, 0.05) is 48.8 Å². The van der Waals surface area contributed by atoms with E-state index in [-0.39, 0.29) is 24.0 Å². The van der Waals surface area contributed by atoms with Crippen molar-refractivity contribution in [3.63, 3.8) is 0 Å². The largest absolute Gasteiger partial charge is 0.357 e. The van der Waals surface area contributed by atoms with E-state index in [1.165, 1.54) is 9.75 Å². The fourth-order valence-corrected chi connectivity index (χ4v) is 4.28. The van der Waals surface area contributed by atoms with E-state index in [4.69, 9.17) is 0 Å². The van der Waals surface area contributed by atoms with Gasteiger partial charge in [-0.2, -0.15) is 5.10 Å². The molecular formula is C19H27IN6S2. The fourth-order valence-electron chi connectivity index (χ4n) is 2.63. The monoisotopic (exact) mass is 530 g/mol. The number of nitrogens with zero attached hydrogens (tertiary/aromatic N) is 4. The molecule has 6 nitrogen and oxygen atoms in total. The molecule has 0 saturated carbocycles. The average Bonchev–Trinajstić information content (AvgIpc) is 3.40. The number of thiophene rings is 1. The Morgan fingerprint density at radius 2 is 2.18 bits per heavy atom. The average molecular weight is 531 g/mol. The molecule has 0 saturated heterocycles. The quantitative estimate of drug-likeness (QED) is 0.189. The normalized spacial score (nSPS) is 11.3. The Balaban J connectivity index is 0.00000280. The zero-order valence-corrected chi connectivity index (χ0v) is 20.2. The molecule has 0 atom stereocenters. The predicted octanol–water partition coefficient (Wildman–Crippen LogP) is 4.18. The Morgan fingerprint density at radius 3 is 2.89 bits per heavy atom. The van der Waals surface area contributed by atoms with Crippen LogP contribution >= 0.6 is 46.7 Å². The summed E-state index contributed by atoms with van der Waals surface area (Å²) in [6.07, 6.45) is 5.74. The molecule has 3 aromatic rings. The number of guanidine groups is 1. The van der Waals surface area contributed by atoms with Gasteiger partial charge in [-0.05, 0) is 44.9 Å². The third-order valence-electron chi connectivity index (χ3n) is 3.92. The van der Waals surface area contributed by atoms with Gasteiger partial charge in [0.15, 0.2) is 5.96 Å². The SMILES string of the molecule is CCNC(=NCCCn1cccn1)NCCc1ccc(-c2csc(C)n2)s1.I. The van der Waals surface area contributed by atoms with Crippen LogP contribution < -0.4 is 10.6 Å². The number of halogens is 1. The molecule has 0 bridgehead atoms. The molecule has 0 unspecified atom stereocenters. The maximum atomic E-state index is 4.65. The third kappa shape index (κ3) is 7.17. The van der Waals surface area contributed by atoms with Crippen molar-refractivity contribution >= 4 is 52.6 Å². The number of aryl methyl sites for hydroxylation is 2. The highest BCUT2D eigenvalue weighted by atomic mass is 127. The van der Waals surface area contributed by atoms with E-state index >= 15 is 0 Å². The Kier molecular flexibility index (Phi) is 9.93. The van der Waals surface area contributed by atoms with Crippen LogP contribution in [-0.4, -0.2) is 40.4 Å². The molecule has 0 amide bonds. The summed E-state index contributed by atoms with van der Waals surface area (Å²) < 4.78 is 1.94. The summed E-state index contributed by atoms with van der Waals surface area (Å²) in [4.78, 5) is 11.8. The minimum absolute atomic E-state index is 0. The number of hydrogen-bond donors (Lipinski definition) is 2. The highest BCUT2D eigenvalue weighted by Gasteiger charge is 2.06. The summed E-state index contributed by atoms with van der Waals surface area (Å²) in [6.45, 7) is 7.52. The van der Waals surface area contributed by atoms with Gasteiger partial charge in [0.25, 0.3) is 0 Å². The first-order valence-corrected chi connectivity index (χ1v) is 10.9. The molecule has 9 heteroatoms. The third-order valence-corrected chi connectivity index (χ3v) is 5.86. The molecule has 3 aromatic heterocycles. The summed E-state index contributed by atoms with van der Waals surface area (Å²) in [7, 11) is 0. The fraction of sp³-hybridized carbons (Fsp3) is 0.421. The predicted molar refractivity (Wildman–Crippen MR) is 130 cm³/mol.